The minimum Gasteiger partial charge on any atom is -0.308 e. The number of benzene rings is 1. The van der Waals surface area contributed by atoms with Gasteiger partial charge in [-0.15, -0.1) is 0 Å². The molecule has 1 unspecified atom stereocenters. The van der Waals surface area contributed by atoms with Gasteiger partial charge in [0.2, 0.25) is 0 Å². The van der Waals surface area contributed by atoms with Crippen molar-refractivity contribution in [2.75, 3.05) is 7.05 Å². The summed E-state index contributed by atoms with van der Waals surface area (Å²) in [5.74, 6) is 0. The lowest BCUT2D eigenvalue weighted by Gasteiger charge is -2.18. The summed E-state index contributed by atoms with van der Waals surface area (Å²) in [6.45, 7) is 2.11. The van der Waals surface area contributed by atoms with Crippen LogP contribution in [-0.2, 0) is 7.05 Å². The molecule has 0 saturated heterocycles. The summed E-state index contributed by atoms with van der Waals surface area (Å²) in [6, 6.07) is 8.67. The zero-order chi connectivity index (χ0) is 12.4. The molecule has 0 aliphatic carbocycles. The molecule has 1 heterocycles. The van der Waals surface area contributed by atoms with Gasteiger partial charge in [-0.1, -0.05) is 29.8 Å². The molecule has 0 spiro atoms. The van der Waals surface area contributed by atoms with Gasteiger partial charge in [0.05, 0.1) is 22.4 Å². The first-order chi connectivity index (χ1) is 8.13. The smallest absolute Gasteiger partial charge is 0.0757 e. The van der Waals surface area contributed by atoms with Crippen LogP contribution in [0.3, 0.4) is 0 Å². The third kappa shape index (κ3) is 2.42. The Labute approximate surface area is 110 Å². The van der Waals surface area contributed by atoms with Crippen molar-refractivity contribution in [3.63, 3.8) is 0 Å². The van der Waals surface area contributed by atoms with Crippen LogP contribution < -0.4 is 5.32 Å². The van der Waals surface area contributed by atoms with E-state index in [0.29, 0.717) is 0 Å². The van der Waals surface area contributed by atoms with Gasteiger partial charge in [0.15, 0.2) is 0 Å². The molecule has 1 N–H and O–H groups in total. The molecule has 0 amide bonds. The zero-order valence-corrected chi connectivity index (χ0v) is 11.8. The fourth-order valence-electron chi connectivity index (χ4n) is 2.06. The van der Waals surface area contributed by atoms with Crippen LogP contribution in [0.25, 0.3) is 0 Å². The van der Waals surface area contributed by atoms with E-state index in [-0.39, 0.29) is 6.04 Å². The predicted octanol–water partition coefficient (Wildman–Crippen LogP) is 2.80. The van der Waals surface area contributed by atoms with E-state index in [2.05, 4.69) is 57.5 Å². The molecule has 0 fully saturated rings. The second kappa shape index (κ2) is 5.02. The van der Waals surface area contributed by atoms with Crippen molar-refractivity contribution in [1.29, 1.82) is 0 Å². The first-order valence-corrected chi connectivity index (χ1v) is 6.34. The number of rotatable bonds is 3. The molecule has 0 aliphatic rings. The fraction of sp³-hybridized carbons (Fsp3) is 0.308. The van der Waals surface area contributed by atoms with Crippen molar-refractivity contribution in [3.05, 3.63) is 51.8 Å². The number of nitrogens with zero attached hydrogens (tertiary/aromatic N) is 2. The van der Waals surface area contributed by atoms with Crippen LogP contribution in [0.2, 0.25) is 0 Å². The maximum atomic E-state index is 4.26. The van der Waals surface area contributed by atoms with E-state index in [1.54, 1.807) is 0 Å². The molecule has 17 heavy (non-hydrogen) atoms. The molecule has 0 radical (unpaired) electrons. The minimum absolute atomic E-state index is 0.150. The van der Waals surface area contributed by atoms with Crippen molar-refractivity contribution >= 4 is 15.9 Å². The molecule has 1 atom stereocenters. The molecule has 0 bridgehead atoms. The lowest BCUT2D eigenvalue weighted by atomic mass is 10.0. The normalized spacial score (nSPS) is 12.7. The van der Waals surface area contributed by atoms with Crippen molar-refractivity contribution in [3.8, 4) is 0 Å². The maximum absolute atomic E-state index is 4.26. The number of halogens is 1. The van der Waals surface area contributed by atoms with E-state index < -0.39 is 0 Å². The van der Waals surface area contributed by atoms with Gasteiger partial charge in [-0.05, 0) is 35.5 Å². The van der Waals surface area contributed by atoms with Crippen LogP contribution in [0.4, 0.5) is 0 Å². The predicted molar refractivity (Wildman–Crippen MR) is 73.0 cm³/mol. The highest BCUT2D eigenvalue weighted by Crippen LogP contribution is 2.28. The summed E-state index contributed by atoms with van der Waals surface area (Å²) in [7, 11) is 3.92. The number of hydrogen-bond donors (Lipinski definition) is 1. The first-order valence-electron chi connectivity index (χ1n) is 5.54. The van der Waals surface area contributed by atoms with E-state index >= 15 is 0 Å². The highest BCUT2D eigenvalue weighted by atomic mass is 79.9. The topological polar surface area (TPSA) is 29.9 Å². The molecule has 2 aromatic rings. The van der Waals surface area contributed by atoms with E-state index in [9.17, 15) is 0 Å². The second-order valence-corrected chi connectivity index (χ2v) is 4.99. The highest BCUT2D eigenvalue weighted by molar-refractivity contribution is 9.10. The van der Waals surface area contributed by atoms with Gasteiger partial charge in [-0.2, -0.15) is 5.10 Å². The molecular formula is C13H16BrN3. The van der Waals surface area contributed by atoms with Gasteiger partial charge >= 0.3 is 0 Å². The van der Waals surface area contributed by atoms with Crippen molar-refractivity contribution in [2.24, 2.45) is 7.05 Å². The Morgan fingerprint density at radius 3 is 2.71 bits per heavy atom. The monoisotopic (exact) mass is 293 g/mol. The number of aromatic nitrogens is 2. The number of nitrogens with one attached hydrogen (secondary N) is 1. The van der Waals surface area contributed by atoms with E-state index in [0.717, 1.165) is 10.2 Å². The van der Waals surface area contributed by atoms with Crippen molar-refractivity contribution < 1.29 is 0 Å². The van der Waals surface area contributed by atoms with Crippen LogP contribution in [0.1, 0.15) is 22.9 Å². The second-order valence-electron chi connectivity index (χ2n) is 4.14. The third-order valence-corrected chi connectivity index (χ3v) is 3.49. The van der Waals surface area contributed by atoms with Crippen LogP contribution in [0.5, 0.6) is 0 Å². The maximum Gasteiger partial charge on any atom is 0.0757 e. The van der Waals surface area contributed by atoms with Crippen LogP contribution in [-0.4, -0.2) is 16.8 Å². The molecular weight excluding hydrogens is 278 g/mol. The fourth-order valence-corrected chi connectivity index (χ4v) is 2.63. The Hall–Kier alpha value is -1.13. The Morgan fingerprint density at radius 2 is 2.18 bits per heavy atom. The van der Waals surface area contributed by atoms with Gasteiger partial charge in [0.1, 0.15) is 0 Å². The molecule has 3 nitrogen and oxygen atoms in total. The van der Waals surface area contributed by atoms with Crippen LogP contribution in [0, 0.1) is 6.92 Å². The summed E-state index contributed by atoms with van der Waals surface area (Å²) in [6.07, 6.45) is 1.83. The standard InChI is InChI=1S/C13H16BrN3/c1-9-5-4-6-10(7-9)12(15-2)13-11(14)8-16-17(13)3/h4-8,12,15H,1-3H3. The van der Waals surface area contributed by atoms with E-state index in [1.807, 2.05) is 25.0 Å². The largest absolute Gasteiger partial charge is 0.308 e. The molecule has 1 aromatic heterocycles. The highest BCUT2D eigenvalue weighted by Gasteiger charge is 2.18. The summed E-state index contributed by atoms with van der Waals surface area (Å²) >= 11 is 3.55. The zero-order valence-electron chi connectivity index (χ0n) is 10.2. The average molecular weight is 294 g/mol. The van der Waals surface area contributed by atoms with Gasteiger partial charge < -0.3 is 5.32 Å². The Morgan fingerprint density at radius 1 is 1.41 bits per heavy atom. The van der Waals surface area contributed by atoms with Crippen LogP contribution >= 0.6 is 15.9 Å². The molecule has 0 aliphatic heterocycles. The Bertz CT molecular complexity index is 500. The molecule has 2 rings (SSSR count). The number of hydrogen-bond acceptors (Lipinski definition) is 2. The summed E-state index contributed by atoms with van der Waals surface area (Å²) in [5, 5.41) is 7.60. The van der Waals surface area contributed by atoms with Crippen molar-refractivity contribution in [2.45, 2.75) is 13.0 Å². The third-order valence-electron chi connectivity index (χ3n) is 2.88. The van der Waals surface area contributed by atoms with Gasteiger partial charge in [-0.3, -0.25) is 4.68 Å². The summed E-state index contributed by atoms with van der Waals surface area (Å²) in [4.78, 5) is 0. The summed E-state index contributed by atoms with van der Waals surface area (Å²) in [5.41, 5.74) is 3.65. The summed E-state index contributed by atoms with van der Waals surface area (Å²) < 4.78 is 2.92. The van der Waals surface area contributed by atoms with Gasteiger partial charge in [0, 0.05) is 7.05 Å². The molecule has 4 heteroatoms. The minimum atomic E-state index is 0.150. The lowest BCUT2D eigenvalue weighted by molar-refractivity contribution is 0.604. The van der Waals surface area contributed by atoms with Crippen molar-refractivity contribution in [1.82, 2.24) is 15.1 Å². The van der Waals surface area contributed by atoms with Gasteiger partial charge in [-0.25, -0.2) is 0 Å². The first kappa shape index (κ1) is 12.3. The molecule has 0 saturated carbocycles. The average Bonchev–Trinajstić information content (AvgIpc) is 2.62. The lowest BCUT2D eigenvalue weighted by Crippen LogP contribution is -2.21. The molecule has 90 valence electrons. The van der Waals surface area contributed by atoms with E-state index in [1.165, 1.54) is 11.1 Å². The van der Waals surface area contributed by atoms with Crippen LogP contribution in [0.15, 0.2) is 34.9 Å². The quantitative estimate of drug-likeness (QED) is 0.943. The van der Waals surface area contributed by atoms with E-state index in [4.69, 9.17) is 0 Å². The Balaban J connectivity index is 2.47. The molecule has 1 aromatic carbocycles. The SMILES string of the molecule is CNC(c1cccc(C)c1)c1c(Br)cnn1C. The van der Waals surface area contributed by atoms with Gasteiger partial charge in [0.25, 0.3) is 0 Å². The Kier molecular flexibility index (Phi) is 3.64. The number of aryl methyl sites for hydroxylation is 2.